The Morgan fingerprint density at radius 3 is 2.94 bits per heavy atom. The summed E-state index contributed by atoms with van der Waals surface area (Å²) < 4.78 is 0. The van der Waals surface area contributed by atoms with Crippen molar-refractivity contribution in [3.63, 3.8) is 0 Å². The highest BCUT2D eigenvalue weighted by Gasteiger charge is 2.18. The van der Waals surface area contributed by atoms with Crippen LogP contribution in [0, 0.1) is 5.92 Å². The third-order valence-corrected chi connectivity index (χ3v) is 3.55. The maximum absolute atomic E-state index is 11.8. The molecule has 1 saturated carbocycles. The van der Waals surface area contributed by atoms with E-state index in [1.807, 2.05) is 0 Å². The molecule has 1 aliphatic carbocycles. The molecule has 0 radical (unpaired) electrons. The van der Waals surface area contributed by atoms with Crippen molar-refractivity contribution in [3.8, 4) is 0 Å². The van der Waals surface area contributed by atoms with Crippen LogP contribution in [0.5, 0.6) is 0 Å². The van der Waals surface area contributed by atoms with E-state index in [9.17, 15) is 4.79 Å². The molecule has 17 heavy (non-hydrogen) atoms. The number of hydrogen-bond acceptors (Lipinski definition) is 2. The van der Waals surface area contributed by atoms with Crippen molar-refractivity contribution in [2.75, 3.05) is 0 Å². The first-order valence-corrected chi connectivity index (χ1v) is 6.55. The fraction of sp³-hybridized carbons (Fsp3) is 0.692. The second-order valence-corrected chi connectivity index (χ2v) is 5.10. The van der Waals surface area contributed by atoms with Crippen LogP contribution in [0.15, 0.2) is 12.4 Å². The molecule has 1 heterocycles. The van der Waals surface area contributed by atoms with E-state index in [0.29, 0.717) is 5.56 Å². The van der Waals surface area contributed by atoms with Crippen LogP contribution >= 0.6 is 0 Å². The molecular formula is C13H21N3O. The first-order valence-electron chi connectivity index (χ1n) is 6.55. The highest BCUT2D eigenvalue weighted by atomic mass is 16.1. The van der Waals surface area contributed by atoms with E-state index in [-0.39, 0.29) is 11.9 Å². The van der Waals surface area contributed by atoms with Crippen LogP contribution in [0.2, 0.25) is 0 Å². The summed E-state index contributed by atoms with van der Waals surface area (Å²) in [6.45, 7) is 2.09. The Kier molecular flexibility index (Phi) is 4.18. The van der Waals surface area contributed by atoms with Crippen molar-refractivity contribution >= 4 is 5.91 Å². The monoisotopic (exact) mass is 235 g/mol. The number of hydrogen-bond donors (Lipinski definition) is 2. The molecule has 1 atom stereocenters. The van der Waals surface area contributed by atoms with Gasteiger partial charge >= 0.3 is 0 Å². The molecule has 0 aliphatic heterocycles. The standard InChI is InChI=1S/C13H21N3O/c1-10(7-11-5-3-2-4-6-11)16-13(17)12-8-14-15-9-12/h8-11H,2-7H2,1H3,(H,14,15)(H,16,17). The van der Waals surface area contributed by atoms with Gasteiger partial charge in [0.2, 0.25) is 0 Å². The lowest BCUT2D eigenvalue weighted by Gasteiger charge is -2.25. The van der Waals surface area contributed by atoms with Crippen LogP contribution in [0.3, 0.4) is 0 Å². The molecule has 94 valence electrons. The maximum atomic E-state index is 11.8. The van der Waals surface area contributed by atoms with E-state index in [2.05, 4.69) is 22.4 Å². The first kappa shape index (κ1) is 12.1. The lowest BCUT2D eigenvalue weighted by atomic mass is 9.85. The Hall–Kier alpha value is -1.32. The summed E-state index contributed by atoms with van der Waals surface area (Å²) in [6.07, 6.45) is 11.0. The SMILES string of the molecule is CC(CC1CCCCC1)NC(=O)c1cn[nH]c1. The van der Waals surface area contributed by atoms with E-state index in [1.165, 1.54) is 32.1 Å². The molecule has 1 aromatic rings. The van der Waals surface area contributed by atoms with Crippen molar-refractivity contribution in [2.24, 2.45) is 5.92 Å². The Morgan fingerprint density at radius 1 is 1.53 bits per heavy atom. The van der Waals surface area contributed by atoms with Gasteiger partial charge in [0.1, 0.15) is 0 Å². The van der Waals surface area contributed by atoms with Gasteiger partial charge in [-0.2, -0.15) is 5.10 Å². The number of carbonyl (C=O) groups excluding carboxylic acids is 1. The maximum Gasteiger partial charge on any atom is 0.254 e. The molecule has 1 unspecified atom stereocenters. The average molecular weight is 235 g/mol. The minimum Gasteiger partial charge on any atom is -0.349 e. The number of nitrogens with one attached hydrogen (secondary N) is 2. The van der Waals surface area contributed by atoms with Gasteiger partial charge in [-0.05, 0) is 19.3 Å². The zero-order valence-corrected chi connectivity index (χ0v) is 10.4. The van der Waals surface area contributed by atoms with Gasteiger partial charge in [0.05, 0.1) is 11.8 Å². The summed E-state index contributed by atoms with van der Waals surface area (Å²) in [5, 5.41) is 9.47. The van der Waals surface area contributed by atoms with Crippen molar-refractivity contribution in [1.82, 2.24) is 15.5 Å². The summed E-state index contributed by atoms with van der Waals surface area (Å²) in [5.74, 6) is 0.769. The van der Waals surface area contributed by atoms with Gasteiger partial charge in [0.15, 0.2) is 0 Å². The summed E-state index contributed by atoms with van der Waals surface area (Å²) in [4.78, 5) is 11.8. The predicted molar refractivity (Wildman–Crippen MR) is 66.7 cm³/mol. The van der Waals surface area contributed by atoms with E-state index >= 15 is 0 Å². The zero-order valence-electron chi connectivity index (χ0n) is 10.4. The Morgan fingerprint density at radius 2 is 2.29 bits per heavy atom. The van der Waals surface area contributed by atoms with Gasteiger partial charge in [-0.1, -0.05) is 32.1 Å². The molecule has 1 aliphatic rings. The number of H-pyrrole nitrogens is 1. The van der Waals surface area contributed by atoms with Gasteiger partial charge < -0.3 is 5.32 Å². The Labute approximate surface area is 102 Å². The summed E-state index contributed by atoms with van der Waals surface area (Å²) in [6, 6.07) is 0.250. The highest BCUT2D eigenvalue weighted by molar-refractivity contribution is 5.93. The van der Waals surface area contributed by atoms with Crippen LogP contribution in [0.25, 0.3) is 0 Å². The van der Waals surface area contributed by atoms with E-state index in [0.717, 1.165) is 12.3 Å². The Balaban J connectivity index is 1.76. The van der Waals surface area contributed by atoms with Crippen LogP contribution in [-0.4, -0.2) is 22.1 Å². The summed E-state index contributed by atoms with van der Waals surface area (Å²) >= 11 is 0. The number of carbonyl (C=O) groups is 1. The predicted octanol–water partition coefficient (Wildman–Crippen LogP) is 2.50. The van der Waals surface area contributed by atoms with Crippen molar-refractivity contribution < 1.29 is 4.79 Å². The van der Waals surface area contributed by atoms with E-state index in [4.69, 9.17) is 0 Å². The van der Waals surface area contributed by atoms with E-state index in [1.54, 1.807) is 12.4 Å². The smallest absolute Gasteiger partial charge is 0.254 e. The lowest BCUT2D eigenvalue weighted by Crippen LogP contribution is -2.34. The van der Waals surface area contributed by atoms with Crippen LogP contribution < -0.4 is 5.32 Å². The number of amides is 1. The van der Waals surface area contributed by atoms with Crippen molar-refractivity contribution in [2.45, 2.75) is 51.5 Å². The number of rotatable bonds is 4. The molecule has 2 rings (SSSR count). The summed E-state index contributed by atoms with van der Waals surface area (Å²) in [5.41, 5.74) is 0.612. The molecular weight excluding hydrogens is 214 g/mol. The zero-order chi connectivity index (χ0) is 12.1. The molecule has 0 spiro atoms. The van der Waals surface area contributed by atoms with Crippen molar-refractivity contribution in [1.29, 1.82) is 0 Å². The van der Waals surface area contributed by atoms with Crippen LogP contribution in [0.1, 0.15) is 55.8 Å². The minimum absolute atomic E-state index is 0.0259. The molecule has 1 amide bonds. The molecule has 0 saturated heterocycles. The van der Waals surface area contributed by atoms with Gasteiger partial charge in [-0.15, -0.1) is 0 Å². The molecule has 4 nitrogen and oxygen atoms in total. The third kappa shape index (κ3) is 3.58. The topological polar surface area (TPSA) is 57.8 Å². The fourth-order valence-corrected chi connectivity index (χ4v) is 2.66. The quantitative estimate of drug-likeness (QED) is 0.842. The van der Waals surface area contributed by atoms with Crippen molar-refractivity contribution in [3.05, 3.63) is 18.0 Å². The van der Waals surface area contributed by atoms with Gasteiger partial charge in [0.25, 0.3) is 5.91 Å². The first-order chi connectivity index (χ1) is 8.25. The second-order valence-electron chi connectivity index (χ2n) is 5.10. The van der Waals surface area contributed by atoms with Gasteiger partial charge in [-0.3, -0.25) is 9.89 Å². The molecule has 0 aromatic carbocycles. The van der Waals surface area contributed by atoms with Crippen LogP contribution in [-0.2, 0) is 0 Å². The van der Waals surface area contributed by atoms with Gasteiger partial charge in [0, 0.05) is 12.2 Å². The highest BCUT2D eigenvalue weighted by Crippen LogP contribution is 2.27. The molecule has 1 fully saturated rings. The molecule has 2 N–H and O–H groups in total. The average Bonchev–Trinajstić information content (AvgIpc) is 2.83. The minimum atomic E-state index is -0.0259. The van der Waals surface area contributed by atoms with Crippen LogP contribution in [0.4, 0.5) is 0 Å². The number of nitrogens with zero attached hydrogens (tertiary/aromatic N) is 1. The fourth-order valence-electron chi connectivity index (χ4n) is 2.66. The largest absolute Gasteiger partial charge is 0.349 e. The Bertz CT molecular complexity index is 342. The normalized spacial score (nSPS) is 18.9. The second kappa shape index (κ2) is 5.84. The number of aromatic nitrogens is 2. The molecule has 1 aromatic heterocycles. The van der Waals surface area contributed by atoms with Gasteiger partial charge in [-0.25, -0.2) is 0 Å². The number of aromatic amines is 1. The molecule has 0 bridgehead atoms. The molecule has 4 heteroatoms. The van der Waals surface area contributed by atoms with E-state index < -0.39 is 0 Å². The lowest BCUT2D eigenvalue weighted by molar-refractivity contribution is 0.0933. The third-order valence-electron chi connectivity index (χ3n) is 3.55. The summed E-state index contributed by atoms with van der Waals surface area (Å²) in [7, 11) is 0.